The summed E-state index contributed by atoms with van der Waals surface area (Å²) in [6.45, 7) is 2.79. The standard InChI is InChI=1S/C19H19F2NO5S/c1-4-27-19(24)18(14-8-9-16(20)17(21)11-14)22(3)28(25,26)15-7-5-6-13(10-15)12(2)23/h5-11,18H,4H2,1-3H3/t18-/m0/s1. The second-order valence-corrected chi connectivity index (χ2v) is 7.93. The minimum atomic E-state index is -4.26. The monoisotopic (exact) mass is 411 g/mol. The maximum absolute atomic E-state index is 13.7. The highest BCUT2D eigenvalue weighted by Gasteiger charge is 2.36. The first-order chi connectivity index (χ1) is 13.1. The molecule has 0 spiro atoms. The van der Waals surface area contributed by atoms with E-state index in [1.165, 1.54) is 38.1 Å². The number of Topliss-reactive ketones (excluding diaryl/α,β-unsaturated/α-hetero) is 1. The Morgan fingerprint density at radius 3 is 2.36 bits per heavy atom. The van der Waals surface area contributed by atoms with Crippen molar-refractivity contribution >= 4 is 21.8 Å². The van der Waals surface area contributed by atoms with Crippen LogP contribution in [0.25, 0.3) is 0 Å². The number of sulfonamides is 1. The molecule has 0 bridgehead atoms. The highest BCUT2D eigenvalue weighted by Crippen LogP contribution is 2.29. The van der Waals surface area contributed by atoms with E-state index in [1.807, 2.05) is 0 Å². The molecule has 0 saturated heterocycles. The van der Waals surface area contributed by atoms with E-state index >= 15 is 0 Å². The molecule has 9 heteroatoms. The number of carbonyl (C=O) groups excluding carboxylic acids is 2. The molecule has 0 radical (unpaired) electrons. The Labute approximate surface area is 161 Å². The average Bonchev–Trinajstić information content (AvgIpc) is 2.65. The summed E-state index contributed by atoms with van der Waals surface area (Å²) in [7, 11) is -3.14. The number of carbonyl (C=O) groups is 2. The smallest absolute Gasteiger partial charge is 0.329 e. The zero-order valence-electron chi connectivity index (χ0n) is 15.5. The van der Waals surface area contributed by atoms with Crippen molar-refractivity contribution in [2.45, 2.75) is 24.8 Å². The molecule has 2 aromatic carbocycles. The number of likely N-dealkylation sites (N-methyl/N-ethyl adjacent to an activating group) is 1. The van der Waals surface area contributed by atoms with E-state index in [0.29, 0.717) is 4.31 Å². The van der Waals surface area contributed by atoms with Gasteiger partial charge in [0.05, 0.1) is 11.5 Å². The van der Waals surface area contributed by atoms with E-state index < -0.39 is 33.7 Å². The highest BCUT2D eigenvalue weighted by molar-refractivity contribution is 7.89. The number of hydrogen-bond acceptors (Lipinski definition) is 5. The molecule has 28 heavy (non-hydrogen) atoms. The lowest BCUT2D eigenvalue weighted by Crippen LogP contribution is -2.37. The minimum Gasteiger partial charge on any atom is -0.465 e. The Bertz CT molecular complexity index is 1010. The van der Waals surface area contributed by atoms with Gasteiger partial charge in [-0.05, 0) is 43.7 Å². The minimum absolute atomic E-state index is 0.0350. The summed E-state index contributed by atoms with van der Waals surface area (Å²) in [5.74, 6) is -3.63. The molecule has 6 nitrogen and oxygen atoms in total. The van der Waals surface area contributed by atoms with Crippen molar-refractivity contribution in [1.82, 2.24) is 4.31 Å². The Morgan fingerprint density at radius 1 is 1.11 bits per heavy atom. The van der Waals surface area contributed by atoms with Gasteiger partial charge in [0.15, 0.2) is 17.4 Å². The van der Waals surface area contributed by atoms with E-state index in [4.69, 9.17) is 4.74 Å². The predicted molar refractivity (Wildman–Crippen MR) is 97.1 cm³/mol. The molecule has 150 valence electrons. The highest BCUT2D eigenvalue weighted by atomic mass is 32.2. The third-order valence-corrected chi connectivity index (χ3v) is 5.87. The molecule has 0 heterocycles. The Balaban J connectivity index is 2.55. The molecule has 0 amide bonds. The third-order valence-electron chi connectivity index (χ3n) is 4.05. The SMILES string of the molecule is CCOC(=O)[C@H](c1ccc(F)c(F)c1)N(C)S(=O)(=O)c1cccc(C(C)=O)c1. The molecule has 0 aromatic heterocycles. The van der Waals surface area contributed by atoms with E-state index in [2.05, 4.69) is 0 Å². The predicted octanol–water partition coefficient (Wildman–Crippen LogP) is 3.09. The molecular formula is C19H19F2NO5S. The number of ether oxygens (including phenoxy) is 1. The molecule has 2 rings (SSSR count). The summed E-state index contributed by atoms with van der Waals surface area (Å²) in [5, 5.41) is 0. The Hall–Kier alpha value is -2.65. The van der Waals surface area contributed by atoms with Gasteiger partial charge in [-0.15, -0.1) is 0 Å². The van der Waals surface area contributed by atoms with Crippen molar-refractivity contribution in [3.63, 3.8) is 0 Å². The molecule has 0 saturated carbocycles. The molecular weight excluding hydrogens is 392 g/mol. The molecule has 1 atom stereocenters. The first-order valence-electron chi connectivity index (χ1n) is 8.30. The van der Waals surface area contributed by atoms with Gasteiger partial charge >= 0.3 is 5.97 Å². The van der Waals surface area contributed by atoms with Crippen molar-refractivity contribution in [2.24, 2.45) is 0 Å². The van der Waals surface area contributed by atoms with Gasteiger partial charge in [0.2, 0.25) is 10.0 Å². The van der Waals surface area contributed by atoms with Crippen LogP contribution in [-0.4, -0.2) is 38.1 Å². The molecule has 0 unspecified atom stereocenters. The second-order valence-electron chi connectivity index (χ2n) is 5.93. The Kier molecular flexibility index (Phi) is 6.63. The van der Waals surface area contributed by atoms with Gasteiger partial charge in [-0.3, -0.25) is 4.79 Å². The van der Waals surface area contributed by atoms with E-state index in [9.17, 15) is 26.8 Å². The zero-order valence-corrected chi connectivity index (χ0v) is 16.3. The zero-order chi connectivity index (χ0) is 21.1. The summed E-state index contributed by atoms with van der Waals surface area (Å²) in [4.78, 5) is 23.8. The van der Waals surface area contributed by atoms with Crippen LogP contribution in [0.2, 0.25) is 0 Å². The maximum atomic E-state index is 13.7. The second kappa shape index (κ2) is 8.57. The Morgan fingerprint density at radius 2 is 1.79 bits per heavy atom. The number of halogens is 2. The topological polar surface area (TPSA) is 80.8 Å². The summed E-state index contributed by atoms with van der Waals surface area (Å²) in [6, 6.07) is 6.42. The quantitative estimate of drug-likeness (QED) is 0.517. The van der Waals surface area contributed by atoms with Crippen LogP contribution in [0.15, 0.2) is 47.4 Å². The first kappa shape index (κ1) is 21.6. The lowest BCUT2D eigenvalue weighted by Gasteiger charge is -2.26. The van der Waals surface area contributed by atoms with Crippen LogP contribution in [0, 0.1) is 11.6 Å². The molecule has 0 N–H and O–H groups in total. The van der Waals surface area contributed by atoms with E-state index in [0.717, 1.165) is 25.2 Å². The number of ketones is 1. The molecule has 0 fully saturated rings. The lowest BCUT2D eigenvalue weighted by molar-refractivity contribution is -0.147. The number of hydrogen-bond donors (Lipinski definition) is 0. The van der Waals surface area contributed by atoms with Crippen LogP contribution in [0.5, 0.6) is 0 Å². The van der Waals surface area contributed by atoms with Gasteiger partial charge in [0, 0.05) is 12.6 Å². The van der Waals surface area contributed by atoms with Crippen LogP contribution >= 0.6 is 0 Å². The van der Waals surface area contributed by atoms with Crippen molar-refractivity contribution in [3.05, 3.63) is 65.2 Å². The van der Waals surface area contributed by atoms with Crippen molar-refractivity contribution < 1.29 is 31.5 Å². The average molecular weight is 411 g/mol. The van der Waals surface area contributed by atoms with Gasteiger partial charge in [-0.2, -0.15) is 4.31 Å². The molecule has 2 aromatic rings. The van der Waals surface area contributed by atoms with Crippen LogP contribution in [0.3, 0.4) is 0 Å². The van der Waals surface area contributed by atoms with Gasteiger partial charge < -0.3 is 4.74 Å². The first-order valence-corrected chi connectivity index (χ1v) is 9.74. The van der Waals surface area contributed by atoms with Gasteiger partial charge in [0.25, 0.3) is 0 Å². The fraction of sp³-hybridized carbons (Fsp3) is 0.263. The molecule has 0 aliphatic carbocycles. The van der Waals surface area contributed by atoms with Crippen molar-refractivity contribution in [2.75, 3.05) is 13.7 Å². The number of rotatable bonds is 7. The number of benzene rings is 2. The van der Waals surface area contributed by atoms with Crippen LogP contribution in [0.1, 0.15) is 35.8 Å². The lowest BCUT2D eigenvalue weighted by atomic mass is 10.1. The largest absolute Gasteiger partial charge is 0.465 e. The molecule has 0 aliphatic heterocycles. The summed E-state index contributed by atoms with van der Waals surface area (Å²) < 4.78 is 58.6. The fourth-order valence-electron chi connectivity index (χ4n) is 2.58. The van der Waals surface area contributed by atoms with Crippen LogP contribution in [-0.2, 0) is 19.6 Å². The van der Waals surface area contributed by atoms with E-state index in [1.54, 1.807) is 0 Å². The van der Waals surface area contributed by atoms with Gasteiger partial charge in [0.1, 0.15) is 6.04 Å². The number of esters is 1. The summed E-state index contributed by atoms with van der Waals surface area (Å²) >= 11 is 0. The normalized spacial score (nSPS) is 12.6. The van der Waals surface area contributed by atoms with Crippen molar-refractivity contribution in [3.8, 4) is 0 Å². The van der Waals surface area contributed by atoms with Crippen molar-refractivity contribution in [1.29, 1.82) is 0 Å². The fourth-order valence-corrected chi connectivity index (χ4v) is 3.92. The van der Waals surface area contributed by atoms with Crippen LogP contribution < -0.4 is 0 Å². The summed E-state index contributed by atoms with van der Waals surface area (Å²) in [6.07, 6.45) is 0. The summed E-state index contributed by atoms with van der Waals surface area (Å²) in [5.41, 5.74) is 0.0844. The molecule has 0 aliphatic rings. The van der Waals surface area contributed by atoms with Crippen LogP contribution in [0.4, 0.5) is 8.78 Å². The van der Waals surface area contributed by atoms with Gasteiger partial charge in [-0.25, -0.2) is 22.0 Å². The number of nitrogens with zero attached hydrogens (tertiary/aromatic N) is 1. The van der Waals surface area contributed by atoms with E-state index in [-0.39, 0.29) is 28.4 Å². The maximum Gasteiger partial charge on any atom is 0.329 e. The third kappa shape index (κ3) is 4.42. The van der Waals surface area contributed by atoms with Gasteiger partial charge in [-0.1, -0.05) is 18.2 Å².